The molecule has 0 saturated carbocycles. The van der Waals surface area contributed by atoms with Gasteiger partial charge in [0.05, 0.1) is 18.5 Å². The number of hydrogen-bond acceptors (Lipinski definition) is 8. The number of aliphatic hydroxyl groups excluding tert-OH is 1. The van der Waals surface area contributed by atoms with Crippen LogP contribution in [-0.2, 0) is 11.2 Å². The molecule has 11 heteroatoms. The largest absolute Gasteiger partial charge is 0.511 e. The number of nitrogens with two attached hydrogens (primary N) is 1. The number of carboxylic acid groups (broad SMARTS) is 1. The summed E-state index contributed by atoms with van der Waals surface area (Å²) < 4.78 is 5.36. The fourth-order valence-electron chi connectivity index (χ4n) is 3.44. The van der Waals surface area contributed by atoms with Gasteiger partial charge in [0.2, 0.25) is 5.89 Å². The Hall–Kier alpha value is -3.60. The highest BCUT2D eigenvalue weighted by Gasteiger charge is 2.35. The lowest BCUT2D eigenvalue weighted by Crippen LogP contribution is -2.46. The lowest BCUT2D eigenvalue weighted by atomic mass is 10.1. The molecule has 0 radical (unpaired) electrons. The van der Waals surface area contributed by atoms with E-state index < -0.39 is 42.3 Å². The molecule has 0 spiro atoms. The van der Waals surface area contributed by atoms with Crippen LogP contribution in [0.3, 0.4) is 0 Å². The van der Waals surface area contributed by atoms with E-state index in [0.717, 1.165) is 5.56 Å². The summed E-state index contributed by atoms with van der Waals surface area (Å²) in [6.45, 7) is 3.73. The maximum atomic E-state index is 12.7. The van der Waals surface area contributed by atoms with E-state index in [-0.39, 0.29) is 11.6 Å². The number of aliphatic carboxylic acids is 1. The number of carbonyl (C=O) groups is 2. The molecule has 1 aromatic heterocycles. The maximum Gasteiger partial charge on any atom is 0.318 e. The zero-order valence-corrected chi connectivity index (χ0v) is 16.8. The standard InChI is InChI=1S/C20H25N5O6/c1-11(26)15(10-17(28)29)22-20(30)25-8-2-3-16(25)19-23-18(24-31-19)14(21)9-12-4-6-13(27)7-5-12/h4-7,14-16,26-27H,1-3,8-10,21H2,(H,22,30)(H,28,29)/t14-,15-,16-/m0/s1. The van der Waals surface area contributed by atoms with Crippen LogP contribution in [0.5, 0.6) is 5.75 Å². The number of benzene rings is 1. The van der Waals surface area contributed by atoms with Gasteiger partial charge in [-0.1, -0.05) is 23.9 Å². The van der Waals surface area contributed by atoms with Crippen molar-refractivity contribution in [2.75, 3.05) is 6.54 Å². The molecule has 1 fully saturated rings. The van der Waals surface area contributed by atoms with E-state index in [1.165, 1.54) is 4.90 Å². The predicted molar refractivity (Wildman–Crippen MR) is 108 cm³/mol. The molecule has 11 nitrogen and oxygen atoms in total. The smallest absolute Gasteiger partial charge is 0.318 e. The second kappa shape index (κ2) is 9.47. The number of rotatable bonds is 8. The Bertz CT molecular complexity index is 944. The Morgan fingerprint density at radius 2 is 2.03 bits per heavy atom. The molecule has 1 aliphatic heterocycles. The van der Waals surface area contributed by atoms with Gasteiger partial charge in [-0.3, -0.25) is 4.79 Å². The molecule has 6 N–H and O–H groups in total. The highest BCUT2D eigenvalue weighted by atomic mass is 16.5. The molecule has 0 unspecified atom stereocenters. The first-order valence-corrected chi connectivity index (χ1v) is 9.78. The molecule has 1 aromatic carbocycles. The molecular formula is C20H25N5O6. The number of aromatic hydroxyl groups is 1. The van der Waals surface area contributed by atoms with Crippen molar-refractivity contribution in [3.63, 3.8) is 0 Å². The number of phenols is 1. The number of phenolic OH excluding ortho intramolecular Hbond substituents is 1. The van der Waals surface area contributed by atoms with Gasteiger partial charge in [0.1, 0.15) is 17.6 Å². The van der Waals surface area contributed by atoms with Gasteiger partial charge in [-0.25, -0.2) is 4.79 Å². The number of aliphatic hydroxyl groups is 1. The summed E-state index contributed by atoms with van der Waals surface area (Å²) in [5, 5.41) is 34.3. The quantitative estimate of drug-likeness (QED) is 0.390. The molecule has 0 bridgehead atoms. The van der Waals surface area contributed by atoms with Crippen LogP contribution >= 0.6 is 0 Å². The van der Waals surface area contributed by atoms with Gasteiger partial charge in [0, 0.05) is 6.54 Å². The number of urea groups is 1. The zero-order valence-electron chi connectivity index (χ0n) is 16.8. The van der Waals surface area contributed by atoms with Gasteiger partial charge in [-0.2, -0.15) is 4.98 Å². The van der Waals surface area contributed by atoms with Gasteiger partial charge in [0.25, 0.3) is 0 Å². The van der Waals surface area contributed by atoms with Crippen LogP contribution in [0.4, 0.5) is 4.79 Å². The Kier molecular flexibility index (Phi) is 6.75. The number of hydrogen-bond donors (Lipinski definition) is 5. The van der Waals surface area contributed by atoms with E-state index in [1.54, 1.807) is 24.3 Å². The zero-order chi connectivity index (χ0) is 22.5. The molecule has 1 aliphatic rings. The predicted octanol–water partition coefficient (Wildman–Crippen LogP) is 1.78. The topological polar surface area (TPSA) is 175 Å². The minimum atomic E-state index is -1.18. The highest BCUT2D eigenvalue weighted by Crippen LogP contribution is 2.31. The Morgan fingerprint density at radius 1 is 1.32 bits per heavy atom. The molecule has 2 aromatic rings. The first-order valence-electron chi connectivity index (χ1n) is 9.78. The summed E-state index contributed by atoms with van der Waals surface area (Å²) in [5.41, 5.74) is 7.08. The third-order valence-electron chi connectivity index (χ3n) is 5.06. The van der Waals surface area contributed by atoms with Crippen molar-refractivity contribution < 1.29 is 29.4 Å². The average Bonchev–Trinajstić information content (AvgIpc) is 3.38. The van der Waals surface area contributed by atoms with E-state index in [9.17, 15) is 19.8 Å². The second-order valence-corrected chi connectivity index (χ2v) is 7.41. The fourth-order valence-corrected chi connectivity index (χ4v) is 3.44. The van der Waals surface area contributed by atoms with E-state index >= 15 is 0 Å². The molecule has 31 heavy (non-hydrogen) atoms. The van der Waals surface area contributed by atoms with E-state index in [0.29, 0.717) is 31.6 Å². The molecular weight excluding hydrogens is 406 g/mol. The van der Waals surface area contributed by atoms with Crippen molar-refractivity contribution in [1.29, 1.82) is 0 Å². The van der Waals surface area contributed by atoms with Crippen molar-refractivity contribution in [2.45, 2.75) is 43.8 Å². The number of likely N-dealkylation sites (tertiary alicyclic amines) is 1. The SMILES string of the molecule is C=C(O)[C@H](CC(=O)O)NC(=O)N1CCC[C@H]1c1nc([C@@H](N)Cc2ccc(O)cc2)no1. The lowest BCUT2D eigenvalue weighted by Gasteiger charge is -2.25. The Balaban J connectivity index is 1.67. The molecule has 2 amide bonds. The van der Waals surface area contributed by atoms with Gasteiger partial charge in [0.15, 0.2) is 5.82 Å². The molecule has 1 saturated heterocycles. The van der Waals surface area contributed by atoms with Gasteiger partial charge >= 0.3 is 12.0 Å². The van der Waals surface area contributed by atoms with E-state index in [1.807, 2.05) is 0 Å². The minimum Gasteiger partial charge on any atom is -0.511 e. The number of nitrogens with one attached hydrogen (secondary N) is 1. The van der Waals surface area contributed by atoms with Crippen molar-refractivity contribution in [3.8, 4) is 5.75 Å². The van der Waals surface area contributed by atoms with Gasteiger partial charge in [-0.05, 0) is 37.0 Å². The Labute approximate surface area is 178 Å². The van der Waals surface area contributed by atoms with Crippen molar-refractivity contribution >= 4 is 12.0 Å². The van der Waals surface area contributed by atoms with Gasteiger partial charge in [-0.15, -0.1) is 0 Å². The summed E-state index contributed by atoms with van der Waals surface area (Å²) in [5.74, 6) is -0.923. The van der Waals surface area contributed by atoms with Crippen LogP contribution < -0.4 is 11.1 Å². The molecule has 3 atom stereocenters. The first-order chi connectivity index (χ1) is 14.7. The summed E-state index contributed by atoms with van der Waals surface area (Å²) in [6, 6.07) is 3.95. The minimum absolute atomic E-state index is 0.161. The third-order valence-corrected chi connectivity index (χ3v) is 5.06. The summed E-state index contributed by atoms with van der Waals surface area (Å²) in [4.78, 5) is 29.4. The van der Waals surface area contributed by atoms with Crippen LogP contribution in [0.1, 0.15) is 48.6 Å². The fraction of sp³-hybridized carbons (Fsp3) is 0.400. The second-order valence-electron chi connectivity index (χ2n) is 7.41. The number of aromatic nitrogens is 2. The van der Waals surface area contributed by atoms with Crippen molar-refractivity contribution in [1.82, 2.24) is 20.4 Å². The van der Waals surface area contributed by atoms with E-state index in [4.69, 9.17) is 15.4 Å². The summed E-state index contributed by atoms with van der Waals surface area (Å²) in [7, 11) is 0. The first kappa shape index (κ1) is 22.1. The Morgan fingerprint density at radius 3 is 2.68 bits per heavy atom. The maximum absolute atomic E-state index is 12.7. The summed E-state index contributed by atoms with van der Waals surface area (Å²) >= 11 is 0. The van der Waals surface area contributed by atoms with Crippen LogP contribution in [-0.4, -0.2) is 54.9 Å². The molecule has 2 heterocycles. The third kappa shape index (κ3) is 5.51. The van der Waals surface area contributed by atoms with Crippen molar-refractivity contribution in [2.24, 2.45) is 5.73 Å². The molecule has 166 valence electrons. The normalized spacial score (nSPS) is 17.8. The molecule has 0 aliphatic carbocycles. The van der Waals surface area contributed by atoms with Crippen molar-refractivity contribution in [3.05, 3.63) is 53.9 Å². The average molecular weight is 431 g/mol. The summed E-state index contributed by atoms with van der Waals surface area (Å²) in [6.07, 6.45) is 1.23. The van der Waals surface area contributed by atoms with E-state index in [2.05, 4.69) is 22.0 Å². The highest BCUT2D eigenvalue weighted by molar-refractivity contribution is 5.77. The van der Waals surface area contributed by atoms with Gasteiger partial charge < -0.3 is 35.8 Å². The molecule has 3 rings (SSSR count). The lowest BCUT2D eigenvalue weighted by molar-refractivity contribution is -0.137. The number of carboxylic acids is 1. The number of nitrogens with zero attached hydrogens (tertiary/aromatic N) is 3. The van der Waals surface area contributed by atoms with Crippen LogP contribution in [0.15, 0.2) is 41.1 Å². The van der Waals surface area contributed by atoms with Crippen LogP contribution in [0.2, 0.25) is 0 Å². The number of amides is 2. The van der Waals surface area contributed by atoms with Crippen LogP contribution in [0.25, 0.3) is 0 Å². The van der Waals surface area contributed by atoms with Crippen LogP contribution in [0, 0.1) is 0 Å². The number of carbonyl (C=O) groups excluding carboxylic acids is 1. The monoisotopic (exact) mass is 431 g/mol.